The highest BCUT2D eigenvalue weighted by molar-refractivity contribution is 5.82. The van der Waals surface area contributed by atoms with Crippen molar-refractivity contribution in [3.63, 3.8) is 0 Å². The molecule has 0 bridgehead atoms. The van der Waals surface area contributed by atoms with E-state index in [1.807, 2.05) is 30.3 Å². The molecule has 1 amide bonds. The lowest BCUT2D eigenvalue weighted by molar-refractivity contribution is -0.147. The normalized spacial score (nSPS) is 22.6. The van der Waals surface area contributed by atoms with E-state index in [2.05, 4.69) is 5.32 Å². The van der Waals surface area contributed by atoms with Gasteiger partial charge in [0.15, 0.2) is 0 Å². The summed E-state index contributed by atoms with van der Waals surface area (Å²) in [6.45, 7) is 0. The zero-order valence-corrected chi connectivity index (χ0v) is 13.0. The van der Waals surface area contributed by atoms with Crippen LogP contribution in [0.25, 0.3) is 0 Å². The average Bonchev–Trinajstić information content (AvgIpc) is 2.55. The van der Waals surface area contributed by atoms with E-state index in [1.165, 1.54) is 7.11 Å². The molecule has 5 heteroatoms. The van der Waals surface area contributed by atoms with Crippen molar-refractivity contribution >= 4 is 11.9 Å². The molecular weight excluding hydrogens is 280 g/mol. The maximum absolute atomic E-state index is 12.2. The number of hydrogen-bond donors (Lipinski definition) is 2. The standard InChI is InChI=1S/C17H24N2O3/c1-22-17(21)13-8-5-9-14(11-13)19-16(20)15(18)10-12-6-3-2-4-7-12/h2-4,6-7,13-15H,5,8-11,18H2,1H3,(H,19,20)/t13-,14+,15+/m1/s1. The molecule has 0 spiro atoms. The van der Waals surface area contributed by atoms with Crippen LogP contribution < -0.4 is 11.1 Å². The number of esters is 1. The lowest BCUT2D eigenvalue weighted by Gasteiger charge is -2.29. The molecule has 1 aliphatic rings. The van der Waals surface area contributed by atoms with Crippen LogP contribution in [0.15, 0.2) is 30.3 Å². The third-order valence-electron chi connectivity index (χ3n) is 4.19. The van der Waals surface area contributed by atoms with Gasteiger partial charge in [-0.25, -0.2) is 0 Å². The summed E-state index contributed by atoms with van der Waals surface area (Å²) < 4.78 is 4.79. The lowest BCUT2D eigenvalue weighted by atomic mass is 9.85. The Morgan fingerprint density at radius 3 is 2.73 bits per heavy atom. The first-order valence-corrected chi connectivity index (χ1v) is 7.78. The first kappa shape index (κ1) is 16.5. The van der Waals surface area contributed by atoms with Crippen molar-refractivity contribution in [3.8, 4) is 0 Å². The highest BCUT2D eigenvalue weighted by Crippen LogP contribution is 2.25. The molecule has 3 atom stereocenters. The number of amides is 1. The Labute approximate surface area is 131 Å². The van der Waals surface area contributed by atoms with Crippen LogP contribution in [0.3, 0.4) is 0 Å². The van der Waals surface area contributed by atoms with Crippen LogP contribution in [0, 0.1) is 5.92 Å². The van der Waals surface area contributed by atoms with Crippen LogP contribution in [-0.2, 0) is 20.7 Å². The summed E-state index contributed by atoms with van der Waals surface area (Å²) in [6.07, 6.45) is 3.78. The van der Waals surface area contributed by atoms with E-state index in [0.29, 0.717) is 12.8 Å². The van der Waals surface area contributed by atoms with Gasteiger partial charge in [-0.3, -0.25) is 9.59 Å². The number of carbonyl (C=O) groups is 2. The molecule has 120 valence electrons. The summed E-state index contributed by atoms with van der Waals surface area (Å²) in [5.41, 5.74) is 7.03. The maximum atomic E-state index is 12.2. The molecule has 2 rings (SSSR count). The van der Waals surface area contributed by atoms with Crippen LogP contribution in [0.5, 0.6) is 0 Å². The van der Waals surface area contributed by atoms with E-state index < -0.39 is 6.04 Å². The zero-order chi connectivity index (χ0) is 15.9. The highest BCUT2D eigenvalue weighted by atomic mass is 16.5. The first-order valence-electron chi connectivity index (χ1n) is 7.78. The van der Waals surface area contributed by atoms with Crippen LogP contribution in [-0.4, -0.2) is 31.1 Å². The van der Waals surface area contributed by atoms with Gasteiger partial charge in [0, 0.05) is 6.04 Å². The van der Waals surface area contributed by atoms with Gasteiger partial charge in [0.25, 0.3) is 0 Å². The summed E-state index contributed by atoms with van der Waals surface area (Å²) in [4.78, 5) is 23.8. The molecule has 0 aliphatic heterocycles. The minimum Gasteiger partial charge on any atom is -0.469 e. The Bertz CT molecular complexity index is 504. The summed E-state index contributed by atoms with van der Waals surface area (Å²) >= 11 is 0. The maximum Gasteiger partial charge on any atom is 0.308 e. The molecule has 1 aromatic carbocycles. The van der Waals surface area contributed by atoms with Gasteiger partial charge < -0.3 is 15.8 Å². The summed E-state index contributed by atoms with van der Waals surface area (Å²) in [6, 6.07) is 9.16. The number of hydrogen-bond acceptors (Lipinski definition) is 4. The number of benzene rings is 1. The Morgan fingerprint density at radius 2 is 2.05 bits per heavy atom. The molecule has 5 nitrogen and oxygen atoms in total. The van der Waals surface area contributed by atoms with Gasteiger partial charge in [-0.05, 0) is 31.2 Å². The minimum atomic E-state index is -0.569. The number of nitrogens with one attached hydrogen (secondary N) is 1. The van der Waals surface area contributed by atoms with Gasteiger partial charge in [-0.15, -0.1) is 0 Å². The van der Waals surface area contributed by atoms with Crippen LogP contribution in [0.4, 0.5) is 0 Å². The quantitative estimate of drug-likeness (QED) is 0.806. The fourth-order valence-electron chi connectivity index (χ4n) is 2.97. The average molecular weight is 304 g/mol. The number of methoxy groups -OCH3 is 1. The van der Waals surface area contributed by atoms with Gasteiger partial charge in [0.1, 0.15) is 0 Å². The minimum absolute atomic E-state index is 0.00664. The van der Waals surface area contributed by atoms with Crippen molar-refractivity contribution in [1.82, 2.24) is 5.32 Å². The number of rotatable bonds is 5. The summed E-state index contributed by atoms with van der Waals surface area (Å²) in [5, 5.41) is 2.98. The van der Waals surface area contributed by atoms with Crippen molar-refractivity contribution in [3.05, 3.63) is 35.9 Å². The Hall–Kier alpha value is -1.88. The molecule has 0 saturated heterocycles. The van der Waals surface area contributed by atoms with Crippen molar-refractivity contribution in [2.24, 2.45) is 11.7 Å². The summed E-state index contributed by atoms with van der Waals surface area (Å²) in [5.74, 6) is -0.457. The smallest absolute Gasteiger partial charge is 0.308 e. The molecule has 22 heavy (non-hydrogen) atoms. The monoisotopic (exact) mass is 304 g/mol. The van der Waals surface area contributed by atoms with Gasteiger partial charge in [0.05, 0.1) is 19.1 Å². The van der Waals surface area contributed by atoms with Gasteiger partial charge in [-0.1, -0.05) is 36.8 Å². The Balaban J connectivity index is 1.84. The molecule has 3 N–H and O–H groups in total. The topological polar surface area (TPSA) is 81.4 Å². The highest BCUT2D eigenvalue weighted by Gasteiger charge is 2.29. The largest absolute Gasteiger partial charge is 0.469 e. The third kappa shape index (κ3) is 4.56. The molecule has 1 saturated carbocycles. The fraction of sp³-hybridized carbons (Fsp3) is 0.529. The Kier molecular flexibility index (Phi) is 5.95. The molecule has 0 radical (unpaired) electrons. The molecule has 1 fully saturated rings. The van der Waals surface area contributed by atoms with E-state index >= 15 is 0 Å². The van der Waals surface area contributed by atoms with E-state index in [1.54, 1.807) is 0 Å². The van der Waals surface area contributed by atoms with Gasteiger partial charge >= 0.3 is 5.97 Å². The van der Waals surface area contributed by atoms with E-state index in [-0.39, 0.29) is 23.8 Å². The van der Waals surface area contributed by atoms with Crippen molar-refractivity contribution in [2.45, 2.75) is 44.2 Å². The number of nitrogens with two attached hydrogens (primary N) is 1. The third-order valence-corrected chi connectivity index (χ3v) is 4.19. The summed E-state index contributed by atoms with van der Waals surface area (Å²) in [7, 11) is 1.40. The zero-order valence-electron chi connectivity index (χ0n) is 13.0. The Morgan fingerprint density at radius 1 is 1.32 bits per heavy atom. The SMILES string of the molecule is COC(=O)[C@@H]1CCC[C@H](NC(=O)[C@@H](N)Cc2ccccc2)C1. The first-order chi connectivity index (χ1) is 10.6. The second-order valence-electron chi connectivity index (χ2n) is 5.89. The van der Waals surface area contributed by atoms with Crippen LogP contribution >= 0.6 is 0 Å². The second-order valence-corrected chi connectivity index (χ2v) is 5.89. The molecule has 0 heterocycles. The molecule has 0 aromatic heterocycles. The number of carbonyl (C=O) groups excluding carboxylic acids is 2. The molecular formula is C17H24N2O3. The predicted octanol–water partition coefficient (Wildman–Crippen LogP) is 1.40. The van der Waals surface area contributed by atoms with Gasteiger partial charge in [0.2, 0.25) is 5.91 Å². The molecule has 1 aromatic rings. The van der Waals surface area contributed by atoms with E-state index in [0.717, 1.165) is 24.8 Å². The number of ether oxygens (including phenoxy) is 1. The van der Waals surface area contributed by atoms with Gasteiger partial charge in [-0.2, -0.15) is 0 Å². The second kappa shape index (κ2) is 7.94. The van der Waals surface area contributed by atoms with E-state index in [4.69, 9.17) is 10.5 Å². The molecule has 1 aliphatic carbocycles. The van der Waals surface area contributed by atoms with Crippen LogP contribution in [0.2, 0.25) is 0 Å². The predicted molar refractivity (Wildman–Crippen MR) is 84.0 cm³/mol. The lowest BCUT2D eigenvalue weighted by Crippen LogP contribution is -2.48. The van der Waals surface area contributed by atoms with Crippen molar-refractivity contribution < 1.29 is 14.3 Å². The molecule has 0 unspecified atom stereocenters. The fourth-order valence-corrected chi connectivity index (χ4v) is 2.97. The van der Waals surface area contributed by atoms with Crippen molar-refractivity contribution in [2.75, 3.05) is 7.11 Å². The van der Waals surface area contributed by atoms with Crippen molar-refractivity contribution in [1.29, 1.82) is 0 Å². The van der Waals surface area contributed by atoms with E-state index in [9.17, 15) is 9.59 Å². The van der Waals surface area contributed by atoms with Crippen LogP contribution in [0.1, 0.15) is 31.2 Å².